The van der Waals surface area contributed by atoms with Crippen molar-refractivity contribution in [2.75, 3.05) is 36.5 Å². The van der Waals surface area contributed by atoms with Crippen molar-refractivity contribution in [1.82, 2.24) is 10.3 Å². The van der Waals surface area contributed by atoms with Gasteiger partial charge in [-0.2, -0.15) is 0 Å². The highest BCUT2D eigenvalue weighted by molar-refractivity contribution is 5.88. The van der Waals surface area contributed by atoms with E-state index in [0.29, 0.717) is 5.82 Å². The van der Waals surface area contributed by atoms with Gasteiger partial charge in [0, 0.05) is 13.1 Å². The van der Waals surface area contributed by atoms with Gasteiger partial charge in [-0.3, -0.25) is 5.32 Å². The number of urea groups is 1. The number of rotatable bonds is 4. The second kappa shape index (κ2) is 7.79. The van der Waals surface area contributed by atoms with Gasteiger partial charge in [-0.1, -0.05) is 30.3 Å². The highest BCUT2D eigenvalue weighted by Crippen LogP contribution is 2.17. The molecular formula is C18H22N4O2. The number of aromatic nitrogens is 1. The summed E-state index contributed by atoms with van der Waals surface area (Å²) in [4.78, 5) is 18.6. The Balaban J connectivity index is 1.54. The van der Waals surface area contributed by atoms with E-state index in [1.54, 1.807) is 6.20 Å². The van der Waals surface area contributed by atoms with Gasteiger partial charge in [0.2, 0.25) is 0 Å². The highest BCUT2D eigenvalue weighted by atomic mass is 16.5. The zero-order valence-electron chi connectivity index (χ0n) is 13.7. The van der Waals surface area contributed by atoms with Crippen molar-refractivity contribution < 1.29 is 9.53 Å². The number of carbonyl (C=O) groups is 1. The fourth-order valence-corrected chi connectivity index (χ4v) is 2.64. The van der Waals surface area contributed by atoms with E-state index in [1.807, 2.05) is 49.4 Å². The van der Waals surface area contributed by atoms with Crippen LogP contribution in [0.25, 0.3) is 0 Å². The number of hydrogen-bond donors (Lipinski definition) is 2. The summed E-state index contributed by atoms with van der Waals surface area (Å²) in [7, 11) is 0. The molecule has 1 aliphatic rings. The molecule has 0 unspecified atom stereocenters. The molecule has 2 amide bonds. The van der Waals surface area contributed by atoms with Crippen LogP contribution >= 0.6 is 0 Å². The van der Waals surface area contributed by atoms with E-state index < -0.39 is 0 Å². The van der Waals surface area contributed by atoms with E-state index in [2.05, 4.69) is 20.5 Å². The number of nitrogens with zero attached hydrogens (tertiary/aromatic N) is 2. The number of pyridine rings is 1. The number of amides is 2. The summed E-state index contributed by atoms with van der Waals surface area (Å²) in [6.07, 6.45) is 1.78. The predicted molar refractivity (Wildman–Crippen MR) is 94.3 cm³/mol. The van der Waals surface area contributed by atoms with Crippen molar-refractivity contribution in [1.29, 1.82) is 0 Å². The summed E-state index contributed by atoms with van der Waals surface area (Å²) in [5.74, 6) is 0.532. The van der Waals surface area contributed by atoms with E-state index in [-0.39, 0.29) is 12.1 Å². The Morgan fingerprint density at radius 2 is 1.92 bits per heavy atom. The van der Waals surface area contributed by atoms with Gasteiger partial charge in [-0.05, 0) is 24.6 Å². The van der Waals surface area contributed by atoms with Gasteiger partial charge in [0.1, 0.15) is 5.82 Å². The molecule has 1 saturated heterocycles. The molecule has 1 atom stereocenters. The number of ether oxygens (including phenoxy) is 1. The summed E-state index contributed by atoms with van der Waals surface area (Å²) < 4.78 is 5.34. The fourth-order valence-electron chi connectivity index (χ4n) is 2.64. The molecule has 0 saturated carbocycles. The molecule has 0 bridgehead atoms. The van der Waals surface area contributed by atoms with Crippen molar-refractivity contribution in [3.63, 3.8) is 0 Å². The third-order valence-electron chi connectivity index (χ3n) is 4.01. The maximum absolute atomic E-state index is 12.1. The van der Waals surface area contributed by atoms with Crippen LogP contribution in [0.4, 0.5) is 16.3 Å². The Morgan fingerprint density at radius 1 is 1.17 bits per heavy atom. The van der Waals surface area contributed by atoms with Crippen LogP contribution < -0.4 is 15.5 Å². The first kappa shape index (κ1) is 16.3. The summed E-state index contributed by atoms with van der Waals surface area (Å²) in [5, 5.41) is 5.67. The summed E-state index contributed by atoms with van der Waals surface area (Å²) in [6.45, 7) is 5.15. The summed E-state index contributed by atoms with van der Waals surface area (Å²) in [5.41, 5.74) is 2.10. The van der Waals surface area contributed by atoms with Gasteiger partial charge in [0.15, 0.2) is 0 Å². The second-order valence-corrected chi connectivity index (χ2v) is 5.73. The predicted octanol–water partition coefficient (Wildman–Crippen LogP) is 2.80. The quantitative estimate of drug-likeness (QED) is 0.907. The van der Waals surface area contributed by atoms with E-state index in [4.69, 9.17) is 4.74 Å². The van der Waals surface area contributed by atoms with E-state index in [9.17, 15) is 4.79 Å². The lowest BCUT2D eigenvalue weighted by Gasteiger charge is -2.28. The number of nitrogens with one attached hydrogen (secondary N) is 2. The minimum atomic E-state index is -0.266. The van der Waals surface area contributed by atoms with Gasteiger partial charge in [-0.25, -0.2) is 9.78 Å². The largest absolute Gasteiger partial charge is 0.378 e. The lowest BCUT2D eigenvalue weighted by atomic mass is 10.1. The molecule has 1 aromatic carbocycles. The average Bonchev–Trinajstić information content (AvgIpc) is 2.64. The minimum Gasteiger partial charge on any atom is -0.378 e. The van der Waals surface area contributed by atoms with Crippen molar-refractivity contribution in [2.45, 2.75) is 13.0 Å². The Kier molecular flexibility index (Phi) is 5.28. The van der Waals surface area contributed by atoms with Crippen LogP contribution in [-0.2, 0) is 4.74 Å². The van der Waals surface area contributed by atoms with Gasteiger partial charge >= 0.3 is 6.03 Å². The lowest BCUT2D eigenvalue weighted by molar-refractivity contribution is 0.122. The van der Waals surface area contributed by atoms with Gasteiger partial charge in [0.05, 0.1) is 31.1 Å². The fraction of sp³-hybridized carbons (Fsp3) is 0.333. The topological polar surface area (TPSA) is 66.5 Å². The average molecular weight is 326 g/mol. The normalized spacial score (nSPS) is 15.6. The molecule has 1 fully saturated rings. The maximum atomic E-state index is 12.1. The lowest BCUT2D eigenvalue weighted by Crippen LogP contribution is -2.36. The third kappa shape index (κ3) is 4.23. The Hall–Kier alpha value is -2.60. The number of benzene rings is 1. The summed E-state index contributed by atoms with van der Waals surface area (Å²) >= 11 is 0. The minimum absolute atomic E-state index is 0.0705. The Morgan fingerprint density at radius 3 is 2.58 bits per heavy atom. The molecule has 0 spiro atoms. The van der Waals surface area contributed by atoms with Gasteiger partial charge < -0.3 is 15.0 Å². The molecule has 0 aliphatic carbocycles. The molecule has 24 heavy (non-hydrogen) atoms. The van der Waals surface area contributed by atoms with Gasteiger partial charge in [-0.15, -0.1) is 0 Å². The van der Waals surface area contributed by atoms with E-state index >= 15 is 0 Å². The SMILES string of the molecule is C[C@@H](NC(=O)Nc1ccc(N2CCOCC2)cn1)c1ccccc1. The van der Waals surface area contributed by atoms with Crippen LogP contribution in [0.3, 0.4) is 0 Å². The monoisotopic (exact) mass is 326 g/mol. The number of anilines is 2. The standard InChI is InChI=1S/C18H22N4O2/c1-14(15-5-3-2-4-6-15)20-18(23)21-17-8-7-16(13-19-17)22-9-11-24-12-10-22/h2-8,13-14H,9-12H2,1H3,(H2,19,20,21,23)/t14-/m1/s1. The zero-order valence-corrected chi connectivity index (χ0v) is 13.7. The molecule has 3 rings (SSSR count). The van der Waals surface area contributed by atoms with Crippen LogP contribution in [0.15, 0.2) is 48.7 Å². The second-order valence-electron chi connectivity index (χ2n) is 5.73. The molecule has 0 radical (unpaired) electrons. The smallest absolute Gasteiger partial charge is 0.320 e. The van der Waals surface area contributed by atoms with E-state index in [0.717, 1.165) is 37.6 Å². The number of carbonyl (C=O) groups excluding carboxylic acids is 1. The van der Waals surface area contributed by atoms with Crippen LogP contribution in [0.2, 0.25) is 0 Å². The Labute approximate surface area is 141 Å². The first-order chi connectivity index (χ1) is 11.7. The van der Waals surface area contributed by atoms with Gasteiger partial charge in [0.25, 0.3) is 0 Å². The first-order valence-electron chi connectivity index (χ1n) is 8.13. The van der Waals surface area contributed by atoms with E-state index in [1.165, 1.54) is 0 Å². The third-order valence-corrected chi connectivity index (χ3v) is 4.01. The van der Waals surface area contributed by atoms with Crippen LogP contribution in [0, 0.1) is 0 Å². The van der Waals surface area contributed by atoms with Crippen LogP contribution in [0.1, 0.15) is 18.5 Å². The molecule has 6 nitrogen and oxygen atoms in total. The zero-order chi connectivity index (χ0) is 16.8. The van der Waals surface area contributed by atoms with Crippen LogP contribution in [-0.4, -0.2) is 37.3 Å². The molecule has 126 valence electrons. The molecule has 6 heteroatoms. The maximum Gasteiger partial charge on any atom is 0.320 e. The summed E-state index contributed by atoms with van der Waals surface area (Å²) in [6, 6.07) is 13.3. The first-order valence-corrected chi connectivity index (χ1v) is 8.13. The van der Waals surface area contributed by atoms with Crippen molar-refractivity contribution in [3.8, 4) is 0 Å². The molecule has 2 aromatic rings. The molecule has 2 heterocycles. The molecular weight excluding hydrogens is 304 g/mol. The highest BCUT2D eigenvalue weighted by Gasteiger charge is 2.12. The van der Waals surface area contributed by atoms with Crippen molar-refractivity contribution in [3.05, 3.63) is 54.2 Å². The number of morpholine rings is 1. The van der Waals surface area contributed by atoms with Crippen molar-refractivity contribution in [2.24, 2.45) is 0 Å². The molecule has 2 N–H and O–H groups in total. The molecule has 1 aliphatic heterocycles. The Bertz CT molecular complexity index is 654. The number of hydrogen-bond acceptors (Lipinski definition) is 4. The van der Waals surface area contributed by atoms with Crippen LogP contribution in [0.5, 0.6) is 0 Å². The molecule has 1 aromatic heterocycles. The van der Waals surface area contributed by atoms with Crippen molar-refractivity contribution >= 4 is 17.5 Å².